The Labute approximate surface area is 157 Å². The molecule has 1 atom stereocenters. The molecular formula is C21H22N2O4. The van der Waals surface area contributed by atoms with Crippen molar-refractivity contribution in [3.63, 3.8) is 0 Å². The first-order chi connectivity index (χ1) is 13.1. The van der Waals surface area contributed by atoms with Crippen molar-refractivity contribution in [1.29, 1.82) is 0 Å². The summed E-state index contributed by atoms with van der Waals surface area (Å²) in [5.74, 6) is 0.357. The van der Waals surface area contributed by atoms with Crippen LogP contribution in [0.4, 0.5) is 0 Å². The average molecular weight is 366 g/mol. The van der Waals surface area contributed by atoms with Crippen LogP contribution in [0.3, 0.4) is 0 Å². The fourth-order valence-electron chi connectivity index (χ4n) is 2.97. The number of hydrogen-bond donors (Lipinski definition) is 1. The maximum Gasteiger partial charge on any atom is 0.303 e. The van der Waals surface area contributed by atoms with Gasteiger partial charge in [0.05, 0.1) is 6.10 Å². The number of unbranched alkanes of at least 4 members (excludes halogenated alkanes) is 1. The monoisotopic (exact) mass is 366 g/mol. The molecular weight excluding hydrogens is 344 g/mol. The highest BCUT2D eigenvalue weighted by atomic mass is 16.5. The van der Waals surface area contributed by atoms with Crippen molar-refractivity contribution >= 4 is 23.1 Å². The first kappa shape index (κ1) is 18.6. The summed E-state index contributed by atoms with van der Waals surface area (Å²) < 4.78 is 12.0. The minimum atomic E-state index is -0.774. The first-order valence-corrected chi connectivity index (χ1v) is 8.94. The molecule has 0 bridgehead atoms. The van der Waals surface area contributed by atoms with E-state index in [9.17, 15) is 4.79 Å². The summed E-state index contributed by atoms with van der Waals surface area (Å²) in [6.45, 7) is 5.86. The quantitative estimate of drug-likeness (QED) is 0.540. The van der Waals surface area contributed by atoms with Crippen LogP contribution in [0.1, 0.15) is 38.2 Å². The van der Waals surface area contributed by atoms with Crippen molar-refractivity contribution in [3.8, 4) is 17.2 Å². The summed E-state index contributed by atoms with van der Waals surface area (Å²) in [5, 5.41) is 9.42. The van der Waals surface area contributed by atoms with Gasteiger partial charge in [-0.3, -0.25) is 4.79 Å². The molecule has 0 saturated carbocycles. The molecule has 0 amide bonds. The molecule has 0 radical (unpaired) electrons. The number of ether oxygens (including phenoxy) is 1. The van der Waals surface area contributed by atoms with Crippen molar-refractivity contribution in [3.05, 3.63) is 48.8 Å². The lowest BCUT2D eigenvalue weighted by Crippen LogP contribution is -2.13. The van der Waals surface area contributed by atoms with E-state index < -0.39 is 5.97 Å². The molecule has 0 spiro atoms. The number of carboxylic acids is 1. The fraction of sp³-hybridized carbons (Fsp3) is 0.286. The molecule has 2 heterocycles. The molecule has 1 N–H and O–H groups in total. The molecule has 6 nitrogen and oxygen atoms in total. The SMILES string of the molecule is C=Cc1c(-c2ccccc2)oc2ncnc(O[C@H](C)CCCCC(=O)O)c12. The normalized spacial score (nSPS) is 12.0. The number of aromatic nitrogens is 2. The maximum atomic E-state index is 10.6. The Bertz CT molecular complexity index is 934. The van der Waals surface area contributed by atoms with Crippen molar-refractivity contribution < 1.29 is 19.1 Å². The van der Waals surface area contributed by atoms with E-state index in [2.05, 4.69) is 16.5 Å². The fourth-order valence-corrected chi connectivity index (χ4v) is 2.97. The molecule has 0 unspecified atom stereocenters. The maximum absolute atomic E-state index is 10.6. The van der Waals surface area contributed by atoms with Crippen molar-refractivity contribution in [2.75, 3.05) is 0 Å². The third-order valence-electron chi connectivity index (χ3n) is 4.29. The Balaban J connectivity index is 1.85. The highest BCUT2D eigenvalue weighted by Gasteiger charge is 2.20. The Morgan fingerprint density at radius 1 is 1.30 bits per heavy atom. The minimum Gasteiger partial charge on any atom is -0.481 e. The van der Waals surface area contributed by atoms with E-state index in [0.29, 0.717) is 29.2 Å². The molecule has 27 heavy (non-hydrogen) atoms. The molecule has 1 aromatic carbocycles. The van der Waals surface area contributed by atoms with Gasteiger partial charge >= 0.3 is 5.97 Å². The lowest BCUT2D eigenvalue weighted by atomic mass is 10.1. The zero-order valence-electron chi connectivity index (χ0n) is 15.2. The number of rotatable bonds is 9. The minimum absolute atomic E-state index is 0.107. The van der Waals surface area contributed by atoms with Gasteiger partial charge in [0.15, 0.2) is 0 Å². The Kier molecular flexibility index (Phi) is 5.86. The van der Waals surface area contributed by atoms with E-state index >= 15 is 0 Å². The standard InChI is InChI=1S/C21H22N2O4/c1-3-16-18-20(26-14(2)9-7-8-12-17(24)25)22-13-23-21(18)27-19(16)15-10-5-4-6-11-15/h3-6,10-11,13-14H,1,7-9,12H2,2H3,(H,24,25)/t14-/m1/s1. The van der Waals surface area contributed by atoms with E-state index in [1.165, 1.54) is 6.33 Å². The predicted molar refractivity (Wildman–Crippen MR) is 104 cm³/mol. The molecule has 6 heteroatoms. The molecule has 2 aromatic heterocycles. The Hall–Kier alpha value is -3.15. The Morgan fingerprint density at radius 3 is 2.78 bits per heavy atom. The van der Waals surface area contributed by atoms with Gasteiger partial charge in [-0.25, -0.2) is 9.97 Å². The zero-order valence-corrected chi connectivity index (χ0v) is 15.2. The predicted octanol–water partition coefficient (Wildman–Crippen LogP) is 4.95. The number of carbonyl (C=O) groups is 1. The highest BCUT2D eigenvalue weighted by Crippen LogP contribution is 2.37. The summed E-state index contributed by atoms with van der Waals surface area (Å²) >= 11 is 0. The third-order valence-corrected chi connectivity index (χ3v) is 4.29. The van der Waals surface area contributed by atoms with Crippen LogP contribution in [0.5, 0.6) is 5.88 Å². The number of carboxylic acid groups (broad SMARTS) is 1. The summed E-state index contributed by atoms with van der Waals surface area (Å²) in [4.78, 5) is 19.1. The van der Waals surface area contributed by atoms with Crippen LogP contribution in [-0.2, 0) is 4.79 Å². The average Bonchev–Trinajstić information content (AvgIpc) is 3.05. The van der Waals surface area contributed by atoms with E-state index in [1.54, 1.807) is 6.08 Å². The van der Waals surface area contributed by atoms with Gasteiger partial charge in [0.25, 0.3) is 0 Å². The third kappa shape index (κ3) is 4.34. The molecule has 0 aliphatic heterocycles. The molecule has 3 aromatic rings. The van der Waals surface area contributed by atoms with Gasteiger partial charge in [-0.2, -0.15) is 0 Å². The number of benzene rings is 1. The van der Waals surface area contributed by atoms with Gasteiger partial charge in [0, 0.05) is 17.5 Å². The number of hydrogen-bond acceptors (Lipinski definition) is 5. The second-order valence-electron chi connectivity index (χ2n) is 6.34. The topological polar surface area (TPSA) is 85.5 Å². The van der Waals surface area contributed by atoms with Crippen LogP contribution in [0.25, 0.3) is 28.5 Å². The van der Waals surface area contributed by atoms with Gasteiger partial charge in [-0.05, 0) is 26.2 Å². The molecule has 0 aliphatic rings. The second kappa shape index (κ2) is 8.49. The van der Waals surface area contributed by atoms with Crippen LogP contribution in [0, 0.1) is 0 Å². The second-order valence-corrected chi connectivity index (χ2v) is 6.34. The number of aliphatic carboxylic acids is 1. The lowest BCUT2D eigenvalue weighted by molar-refractivity contribution is -0.137. The van der Waals surface area contributed by atoms with Crippen LogP contribution in [-0.4, -0.2) is 27.1 Å². The van der Waals surface area contributed by atoms with Crippen molar-refractivity contribution in [1.82, 2.24) is 9.97 Å². The molecule has 0 aliphatic carbocycles. The van der Waals surface area contributed by atoms with Gasteiger partial charge in [-0.15, -0.1) is 0 Å². The van der Waals surface area contributed by atoms with Crippen LogP contribution in [0.15, 0.2) is 47.7 Å². The molecule has 3 rings (SSSR count). The molecule has 140 valence electrons. The number of nitrogens with zero attached hydrogens (tertiary/aromatic N) is 2. The smallest absolute Gasteiger partial charge is 0.303 e. The van der Waals surface area contributed by atoms with E-state index in [4.69, 9.17) is 14.3 Å². The summed E-state index contributed by atoms with van der Waals surface area (Å²) in [6, 6.07) is 9.75. The van der Waals surface area contributed by atoms with E-state index in [0.717, 1.165) is 24.0 Å². The number of fused-ring (bicyclic) bond motifs is 1. The molecule has 0 fully saturated rings. The van der Waals surface area contributed by atoms with Gasteiger partial charge in [0.1, 0.15) is 17.5 Å². The van der Waals surface area contributed by atoms with Crippen LogP contribution in [0.2, 0.25) is 0 Å². The highest BCUT2D eigenvalue weighted by molar-refractivity contribution is 5.95. The van der Waals surface area contributed by atoms with Gasteiger partial charge < -0.3 is 14.3 Å². The Morgan fingerprint density at radius 2 is 2.07 bits per heavy atom. The summed E-state index contributed by atoms with van der Waals surface area (Å²) in [5.41, 5.74) is 2.18. The first-order valence-electron chi connectivity index (χ1n) is 8.94. The zero-order chi connectivity index (χ0) is 19.2. The van der Waals surface area contributed by atoms with E-state index in [-0.39, 0.29) is 12.5 Å². The van der Waals surface area contributed by atoms with Crippen molar-refractivity contribution in [2.24, 2.45) is 0 Å². The largest absolute Gasteiger partial charge is 0.481 e. The number of furan rings is 1. The summed E-state index contributed by atoms with van der Waals surface area (Å²) in [7, 11) is 0. The van der Waals surface area contributed by atoms with E-state index in [1.807, 2.05) is 37.3 Å². The molecule has 0 saturated heterocycles. The van der Waals surface area contributed by atoms with Gasteiger partial charge in [-0.1, -0.05) is 43.0 Å². The summed E-state index contributed by atoms with van der Waals surface area (Å²) in [6.07, 6.45) is 5.35. The van der Waals surface area contributed by atoms with Crippen molar-refractivity contribution in [2.45, 2.75) is 38.7 Å². The van der Waals surface area contributed by atoms with Crippen LogP contribution >= 0.6 is 0 Å². The van der Waals surface area contributed by atoms with Gasteiger partial charge in [0.2, 0.25) is 11.6 Å². The lowest BCUT2D eigenvalue weighted by Gasteiger charge is -2.14. The van der Waals surface area contributed by atoms with Crippen LogP contribution < -0.4 is 4.74 Å².